The highest BCUT2D eigenvalue weighted by Crippen LogP contribution is 2.49. The van der Waals surface area contributed by atoms with E-state index in [2.05, 4.69) is 0 Å². The van der Waals surface area contributed by atoms with Crippen LogP contribution in [-0.2, 0) is 0 Å². The van der Waals surface area contributed by atoms with Crippen molar-refractivity contribution in [2.24, 2.45) is 0 Å². The van der Waals surface area contributed by atoms with E-state index < -0.39 is 0 Å². The van der Waals surface area contributed by atoms with E-state index >= 15 is 0 Å². The number of benzene rings is 3. The molecule has 3 aromatic carbocycles. The Morgan fingerprint density at radius 1 is 0.931 bits per heavy atom. The number of hydrogen-bond acceptors (Lipinski definition) is 5. The lowest BCUT2D eigenvalue weighted by molar-refractivity contribution is 0.245. The fourth-order valence-electron chi connectivity index (χ4n) is 4.15. The molecule has 0 saturated carbocycles. The average Bonchev–Trinajstić information content (AvgIpc) is 2.72. The van der Waals surface area contributed by atoms with Crippen LogP contribution < -0.4 is 9.47 Å². The highest BCUT2D eigenvalue weighted by molar-refractivity contribution is 5.57. The fraction of sp³-hybridized carbons (Fsp3) is 0.250. The topological polar surface area (TPSA) is 79.2 Å². The molecule has 5 heteroatoms. The molecule has 0 radical (unpaired) electrons. The van der Waals surface area contributed by atoms with E-state index in [1.165, 1.54) is 7.11 Å². The Kier molecular flexibility index (Phi) is 4.74. The molecule has 3 aromatic rings. The van der Waals surface area contributed by atoms with Crippen LogP contribution in [0, 0.1) is 13.8 Å². The van der Waals surface area contributed by atoms with Gasteiger partial charge in [0.25, 0.3) is 0 Å². The zero-order chi connectivity index (χ0) is 20.7. The molecule has 29 heavy (non-hydrogen) atoms. The van der Waals surface area contributed by atoms with Crippen LogP contribution in [0.2, 0.25) is 0 Å². The Morgan fingerprint density at radius 3 is 2.34 bits per heavy atom. The molecule has 0 spiro atoms. The summed E-state index contributed by atoms with van der Waals surface area (Å²) in [5.74, 6) is 1.58. The monoisotopic (exact) mass is 392 g/mol. The number of phenolic OH excluding ortho intramolecular Hbond substituents is 3. The normalized spacial score (nSPS) is 18.0. The van der Waals surface area contributed by atoms with Crippen LogP contribution in [0.25, 0.3) is 0 Å². The van der Waals surface area contributed by atoms with Gasteiger partial charge in [0.1, 0.15) is 17.2 Å². The third-order valence-corrected chi connectivity index (χ3v) is 5.74. The van der Waals surface area contributed by atoms with E-state index in [0.717, 1.165) is 22.3 Å². The second kappa shape index (κ2) is 7.24. The van der Waals surface area contributed by atoms with Crippen LogP contribution in [0.1, 0.15) is 39.7 Å². The second-order valence-electron chi connectivity index (χ2n) is 7.50. The van der Waals surface area contributed by atoms with Gasteiger partial charge in [0.2, 0.25) is 0 Å². The molecule has 0 saturated heterocycles. The summed E-state index contributed by atoms with van der Waals surface area (Å²) in [4.78, 5) is 0. The molecule has 1 aliphatic rings. The number of phenols is 3. The lowest BCUT2D eigenvalue weighted by Crippen LogP contribution is -2.26. The number of aryl methyl sites for hydroxylation is 1. The number of aromatic hydroxyl groups is 3. The molecule has 0 aromatic heterocycles. The molecule has 1 heterocycles. The summed E-state index contributed by atoms with van der Waals surface area (Å²) in [7, 11) is 1.54. The third-order valence-electron chi connectivity index (χ3n) is 5.74. The molecule has 0 fully saturated rings. The largest absolute Gasteiger partial charge is 0.508 e. The molecule has 150 valence electrons. The van der Waals surface area contributed by atoms with E-state index in [1.807, 2.05) is 44.2 Å². The lowest BCUT2D eigenvalue weighted by Gasteiger charge is -2.35. The van der Waals surface area contributed by atoms with Gasteiger partial charge in [-0.15, -0.1) is 0 Å². The molecule has 5 nitrogen and oxygen atoms in total. The van der Waals surface area contributed by atoms with E-state index in [1.54, 1.807) is 18.2 Å². The molecule has 0 bridgehead atoms. The summed E-state index contributed by atoms with van der Waals surface area (Å²) >= 11 is 0. The second-order valence-corrected chi connectivity index (χ2v) is 7.50. The highest BCUT2D eigenvalue weighted by atomic mass is 16.5. The summed E-state index contributed by atoms with van der Waals surface area (Å²) in [5, 5.41) is 30.1. The lowest BCUT2D eigenvalue weighted by atomic mass is 9.75. The predicted octanol–water partition coefficient (Wildman–Crippen LogP) is 4.74. The summed E-state index contributed by atoms with van der Waals surface area (Å²) in [5.41, 5.74) is 4.45. The predicted molar refractivity (Wildman–Crippen MR) is 110 cm³/mol. The SMILES string of the molecule is COc1cc([C@@H]2COc3c(ccc(O)c3C)[C@H]2c2ccc(O)cc2)cc(C)c1O. The van der Waals surface area contributed by atoms with Gasteiger partial charge in [-0.25, -0.2) is 0 Å². The Bertz CT molecular complexity index is 1060. The average molecular weight is 392 g/mol. The first kappa shape index (κ1) is 19.0. The molecule has 0 amide bonds. The van der Waals surface area contributed by atoms with Crippen LogP contribution in [0.4, 0.5) is 0 Å². The van der Waals surface area contributed by atoms with Crippen LogP contribution in [0.3, 0.4) is 0 Å². The number of fused-ring (bicyclic) bond motifs is 1. The first-order chi connectivity index (χ1) is 13.9. The Balaban J connectivity index is 1.90. The highest BCUT2D eigenvalue weighted by Gasteiger charge is 2.35. The van der Waals surface area contributed by atoms with Gasteiger partial charge >= 0.3 is 0 Å². The Morgan fingerprint density at radius 2 is 1.66 bits per heavy atom. The van der Waals surface area contributed by atoms with Crippen LogP contribution in [0.5, 0.6) is 28.7 Å². The van der Waals surface area contributed by atoms with Crippen LogP contribution in [-0.4, -0.2) is 29.0 Å². The standard InChI is InChI=1S/C24H24O5/c1-13-10-16(11-21(28-3)23(13)27)19-12-29-24-14(2)20(26)9-8-18(24)22(19)15-4-6-17(25)7-5-15/h4-11,19,22,25-27H,12H2,1-3H3/t19-,22+/m0/s1. The fourth-order valence-corrected chi connectivity index (χ4v) is 4.15. The van der Waals surface area contributed by atoms with Gasteiger partial charge in [0.15, 0.2) is 11.5 Å². The Labute approximate surface area is 169 Å². The minimum atomic E-state index is -0.0488. The molecular formula is C24H24O5. The van der Waals surface area contributed by atoms with Gasteiger partial charge in [-0.1, -0.05) is 24.3 Å². The summed E-state index contributed by atoms with van der Waals surface area (Å²) in [6.45, 7) is 4.10. The number of methoxy groups -OCH3 is 1. The first-order valence-corrected chi connectivity index (χ1v) is 9.52. The summed E-state index contributed by atoms with van der Waals surface area (Å²) in [6, 6.07) is 14.6. The molecule has 2 atom stereocenters. The molecule has 3 N–H and O–H groups in total. The van der Waals surface area contributed by atoms with E-state index in [0.29, 0.717) is 23.7 Å². The number of hydrogen-bond donors (Lipinski definition) is 3. The zero-order valence-corrected chi connectivity index (χ0v) is 16.6. The van der Waals surface area contributed by atoms with Crippen molar-refractivity contribution >= 4 is 0 Å². The van der Waals surface area contributed by atoms with Gasteiger partial charge in [0.05, 0.1) is 13.7 Å². The smallest absolute Gasteiger partial charge is 0.161 e. The van der Waals surface area contributed by atoms with Crippen molar-refractivity contribution < 1.29 is 24.8 Å². The van der Waals surface area contributed by atoms with Gasteiger partial charge < -0.3 is 24.8 Å². The minimum Gasteiger partial charge on any atom is -0.508 e. The van der Waals surface area contributed by atoms with Crippen molar-refractivity contribution in [2.75, 3.05) is 13.7 Å². The Hall–Kier alpha value is -3.34. The maximum atomic E-state index is 10.2. The van der Waals surface area contributed by atoms with Crippen molar-refractivity contribution in [3.63, 3.8) is 0 Å². The van der Waals surface area contributed by atoms with Crippen LogP contribution >= 0.6 is 0 Å². The van der Waals surface area contributed by atoms with E-state index in [-0.39, 0.29) is 29.1 Å². The van der Waals surface area contributed by atoms with Crippen molar-refractivity contribution in [3.05, 3.63) is 76.3 Å². The summed E-state index contributed by atoms with van der Waals surface area (Å²) < 4.78 is 11.5. The molecule has 0 aliphatic carbocycles. The van der Waals surface area contributed by atoms with Crippen molar-refractivity contribution in [2.45, 2.75) is 25.7 Å². The molecule has 0 unspecified atom stereocenters. The van der Waals surface area contributed by atoms with E-state index in [9.17, 15) is 15.3 Å². The van der Waals surface area contributed by atoms with Crippen molar-refractivity contribution in [3.8, 4) is 28.7 Å². The molecule has 1 aliphatic heterocycles. The summed E-state index contributed by atoms with van der Waals surface area (Å²) in [6.07, 6.45) is 0. The maximum Gasteiger partial charge on any atom is 0.161 e. The van der Waals surface area contributed by atoms with Gasteiger partial charge in [0, 0.05) is 23.0 Å². The maximum absolute atomic E-state index is 10.2. The van der Waals surface area contributed by atoms with Gasteiger partial charge in [-0.05, 0) is 54.8 Å². The number of rotatable bonds is 3. The van der Waals surface area contributed by atoms with Gasteiger partial charge in [-0.2, -0.15) is 0 Å². The quantitative estimate of drug-likeness (QED) is 0.600. The minimum absolute atomic E-state index is 0.0378. The molecular weight excluding hydrogens is 368 g/mol. The van der Waals surface area contributed by atoms with Crippen LogP contribution in [0.15, 0.2) is 48.5 Å². The van der Waals surface area contributed by atoms with Crippen molar-refractivity contribution in [1.82, 2.24) is 0 Å². The van der Waals surface area contributed by atoms with Crippen molar-refractivity contribution in [1.29, 1.82) is 0 Å². The number of ether oxygens (including phenoxy) is 2. The zero-order valence-electron chi connectivity index (χ0n) is 16.6. The van der Waals surface area contributed by atoms with Gasteiger partial charge in [-0.3, -0.25) is 0 Å². The first-order valence-electron chi connectivity index (χ1n) is 9.52. The molecule has 4 rings (SSSR count). The third kappa shape index (κ3) is 3.23. The van der Waals surface area contributed by atoms with E-state index in [4.69, 9.17) is 9.47 Å².